The number of para-hydroxylation sites is 1. The Morgan fingerprint density at radius 1 is 1.23 bits per heavy atom. The molecule has 0 spiro atoms. The SMILES string of the molecule is CC(Sc1nc2ccccc2c(=O)n1C)C(=O)Nc1ccc(Cl)cc1Cl. The van der Waals surface area contributed by atoms with Gasteiger partial charge in [-0.15, -0.1) is 0 Å². The molecule has 134 valence electrons. The Kier molecular flexibility index (Phi) is 5.55. The number of fused-ring (bicyclic) bond motifs is 1. The van der Waals surface area contributed by atoms with Crippen LogP contribution in [0.25, 0.3) is 10.9 Å². The van der Waals surface area contributed by atoms with Gasteiger partial charge in [0.2, 0.25) is 5.91 Å². The van der Waals surface area contributed by atoms with Gasteiger partial charge in [-0.2, -0.15) is 0 Å². The van der Waals surface area contributed by atoms with E-state index < -0.39 is 5.25 Å². The summed E-state index contributed by atoms with van der Waals surface area (Å²) in [6, 6.07) is 12.0. The van der Waals surface area contributed by atoms with E-state index in [4.69, 9.17) is 23.2 Å². The minimum Gasteiger partial charge on any atom is -0.324 e. The lowest BCUT2D eigenvalue weighted by atomic mass is 10.2. The van der Waals surface area contributed by atoms with Crippen molar-refractivity contribution < 1.29 is 4.79 Å². The molecule has 2 aromatic carbocycles. The molecule has 3 aromatic rings. The van der Waals surface area contributed by atoms with Crippen LogP contribution >= 0.6 is 35.0 Å². The van der Waals surface area contributed by atoms with Crippen molar-refractivity contribution in [3.05, 3.63) is 62.9 Å². The van der Waals surface area contributed by atoms with Gasteiger partial charge in [-0.3, -0.25) is 14.2 Å². The number of carbonyl (C=O) groups excluding carboxylic acids is 1. The lowest BCUT2D eigenvalue weighted by Crippen LogP contribution is -2.25. The Bertz CT molecular complexity index is 1050. The number of hydrogen-bond acceptors (Lipinski definition) is 4. The van der Waals surface area contributed by atoms with Crippen molar-refractivity contribution >= 4 is 57.5 Å². The molecule has 1 aromatic heterocycles. The first kappa shape index (κ1) is 18.8. The molecule has 0 saturated carbocycles. The number of nitrogens with one attached hydrogen (secondary N) is 1. The van der Waals surface area contributed by atoms with Crippen LogP contribution in [0.5, 0.6) is 0 Å². The molecule has 1 heterocycles. The molecular formula is C18H15Cl2N3O2S. The van der Waals surface area contributed by atoms with Crippen molar-refractivity contribution in [2.45, 2.75) is 17.3 Å². The largest absolute Gasteiger partial charge is 0.324 e. The van der Waals surface area contributed by atoms with Crippen LogP contribution in [0.4, 0.5) is 5.69 Å². The van der Waals surface area contributed by atoms with Crippen LogP contribution in [-0.4, -0.2) is 20.7 Å². The van der Waals surface area contributed by atoms with E-state index >= 15 is 0 Å². The standard InChI is InChI=1S/C18H15Cl2N3O2S/c1-10(16(24)21-15-8-7-11(19)9-13(15)20)26-18-22-14-6-4-3-5-12(14)17(25)23(18)2/h3-10H,1-2H3,(H,21,24). The van der Waals surface area contributed by atoms with Crippen LogP contribution in [-0.2, 0) is 11.8 Å². The minimum absolute atomic E-state index is 0.147. The van der Waals surface area contributed by atoms with Gasteiger partial charge in [-0.05, 0) is 37.3 Å². The zero-order valence-electron chi connectivity index (χ0n) is 14.0. The Morgan fingerprint density at radius 2 is 1.96 bits per heavy atom. The smallest absolute Gasteiger partial charge is 0.261 e. The number of anilines is 1. The molecule has 1 amide bonds. The van der Waals surface area contributed by atoms with Crippen LogP contribution in [0.1, 0.15) is 6.92 Å². The third-order valence-electron chi connectivity index (χ3n) is 3.78. The van der Waals surface area contributed by atoms with Crippen LogP contribution < -0.4 is 10.9 Å². The van der Waals surface area contributed by atoms with Crippen molar-refractivity contribution in [1.29, 1.82) is 0 Å². The number of benzene rings is 2. The molecule has 1 atom stereocenters. The van der Waals surface area contributed by atoms with Gasteiger partial charge in [-0.25, -0.2) is 4.98 Å². The van der Waals surface area contributed by atoms with Crippen molar-refractivity contribution in [1.82, 2.24) is 9.55 Å². The predicted octanol–water partition coefficient (Wildman–Crippen LogP) is 4.36. The Hall–Kier alpha value is -2.02. The van der Waals surface area contributed by atoms with Gasteiger partial charge in [0.05, 0.1) is 26.9 Å². The van der Waals surface area contributed by atoms with Gasteiger partial charge < -0.3 is 5.32 Å². The van der Waals surface area contributed by atoms with Gasteiger partial charge in [-0.1, -0.05) is 47.1 Å². The maximum absolute atomic E-state index is 12.5. The summed E-state index contributed by atoms with van der Waals surface area (Å²) in [6.45, 7) is 1.74. The molecule has 0 aliphatic heterocycles. The third kappa shape index (κ3) is 3.87. The molecule has 5 nitrogen and oxygen atoms in total. The third-order valence-corrected chi connectivity index (χ3v) is 5.47. The maximum atomic E-state index is 12.5. The molecule has 8 heteroatoms. The molecule has 0 fully saturated rings. The second-order valence-electron chi connectivity index (χ2n) is 5.65. The Labute approximate surface area is 164 Å². The molecule has 0 radical (unpaired) electrons. The number of aromatic nitrogens is 2. The molecular weight excluding hydrogens is 393 g/mol. The normalized spacial score (nSPS) is 12.2. The number of carbonyl (C=O) groups is 1. The molecule has 3 rings (SSSR count). The number of rotatable bonds is 4. The summed E-state index contributed by atoms with van der Waals surface area (Å²) in [4.78, 5) is 29.4. The maximum Gasteiger partial charge on any atom is 0.261 e. The highest BCUT2D eigenvalue weighted by Crippen LogP contribution is 2.27. The van der Waals surface area contributed by atoms with E-state index in [0.717, 1.165) is 0 Å². The summed E-state index contributed by atoms with van der Waals surface area (Å²) in [6.07, 6.45) is 0. The van der Waals surface area contributed by atoms with Crippen LogP contribution in [0.15, 0.2) is 52.4 Å². The van der Waals surface area contributed by atoms with Gasteiger partial charge in [0.1, 0.15) is 0 Å². The molecule has 0 aliphatic carbocycles. The zero-order valence-corrected chi connectivity index (χ0v) is 16.3. The van der Waals surface area contributed by atoms with E-state index in [1.165, 1.54) is 16.3 Å². The summed E-state index contributed by atoms with van der Waals surface area (Å²) < 4.78 is 1.45. The van der Waals surface area contributed by atoms with Gasteiger partial charge >= 0.3 is 0 Å². The number of hydrogen-bond donors (Lipinski definition) is 1. The quantitative estimate of drug-likeness (QED) is 0.515. The van der Waals surface area contributed by atoms with E-state index in [2.05, 4.69) is 10.3 Å². The van der Waals surface area contributed by atoms with Crippen molar-refractivity contribution in [3.63, 3.8) is 0 Å². The lowest BCUT2D eigenvalue weighted by molar-refractivity contribution is -0.115. The molecule has 1 N–H and O–H groups in total. The first-order valence-electron chi connectivity index (χ1n) is 7.75. The average molecular weight is 408 g/mol. The van der Waals surface area contributed by atoms with E-state index in [1.807, 2.05) is 6.07 Å². The summed E-state index contributed by atoms with van der Waals surface area (Å²) in [5.74, 6) is -0.248. The first-order valence-corrected chi connectivity index (χ1v) is 9.38. The van der Waals surface area contributed by atoms with E-state index in [1.54, 1.807) is 50.4 Å². The second-order valence-corrected chi connectivity index (χ2v) is 7.80. The molecule has 0 bridgehead atoms. The Balaban J connectivity index is 1.82. The first-order chi connectivity index (χ1) is 12.4. The zero-order chi connectivity index (χ0) is 18.8. The fourth-order valence-corrected chi connectivity index (χ4v) is 3.67. The summed E-state index contributed by atoms with van der Waals surface area (Å²) >= 11 is 13.2. The fraction of sp³-hybridized carbons (Fsp3) is 0.167. The van der Waals surface area contributed by atoms with E-state index in [0.29, 0.717) is 31.8 Å². The number of amides is 1. The second kappa shape index (κ2) is 7.70. The van der Waals surface area contributed by atoms with Crippen LogP contribution in [0.2, 0.25) is 10.0 Å². The van der Waals surface area contributed by atoms with Crippen LogP contribution in [0.3, 0.4) is 0 Å². The van der Waals surface area contributed by atoms with E-state index in [-0.39, 0.29) is 11.5 Å². The molecule has 0 saturated heterocycles. The molecule has 0 aliphatic rings. The monoisotopic (exact) mass is 407 g/mol. The topological polar surface area (TPSA) is 64.0 Å². The minimum atomic E-state index is -0.485. The lowest BCUT2D eigenvalue weighted by Gasteiger charge is -2.14. The summed E-state index contributed by atoms with van der Waals surface area (Å²) in [7, 11) is 1.64. The fourth-order valence-electron chi connectivity index (χ4n) is 2.34. The van der Waals surface area contributed by atoms with E-state index in [9.17, 15) is 9.59 Å². The van der Waals surface area contributed by atoms with Gasteiger partial charge in [0.25, 0.3) is 5.56 Å². The highest BCUT2D eigenvalue weighted by atomic mass is 35.5. The van der Waals surface area contributed by atoms with Gasteiger partial charge in [0.15, 0.2) is 5.16 Å². The van der Waals surface area contributed by atoms with Crippen molar-refractivity contribution in [2.75, 3.05) is 5.32 Å². The molecule has 26 heavy (non-hydrogen) atoms. The highest BCUT2D eigenvalue weighted by Gasteiger charge is 2.19. The summed E-state index contributed by atoms with van der Waals surface area (Å²) in [5, 5.41) is 4.15. The molecule has 1 unspecified atom stereocenters. The Morgan fingerprint density at radius 3 is 2.69 bits per heavy atom. The summed E-state index contributed by atoms with van der Waals surface area (Å²) in [5.41, 5.74) is 0.937. The average Bonchev–Trinajstić information content (AvgIpc) is 2.61. The van der Waals surface area contributed by atoms with Gasteiger partial charge in [0, 0.05) is 12.1 Å². The predicted molar refractivity (Wildman–Crippen MR) is 107 cm³/mol. The number of halogens is 2. The number of nitrogens with zero attached hydrogens (tertiary/aromatic N) is 2. The number of thioether (sulfide) groups is 1. The van der Waals surface area contributed by atoms with Crippen molar-refractivity contribution in [2.24, 2.45) is 7.05 Å². The van der Waals surface area contributed by atoms with Crippen LogP contribution in [0, 0.1) is 0 Å². The highest BCUT2D eigenvalue weighted by molar-refractivity contribution is 8.00. The van der Waals surface area contributed by atoms with Crippen molar-refractivity contribution in [3.8, 4) is 0 Å².